The van der Waals surface area contributed by atoms with Crippen LogP contribution in [-0.4, -0.2) is 35.2 Å². The molecule has 0 radical (unpaired) electrons. The number of carbonyl (C=O) groups is 3. The highest BCUT2D eigenvalue weighted by molar-refractivity contribution is 5.94. The Kier molecular flexibility index (Phi) is 4.13. The Morgan fingerprint density at radius 3 is 2.25 bits per heavy atom. The fraction of sp³-hybridized carbons (Fsp3) is 0.167. The first-order valence-electron chi connectivity index (χ1n) is 2.80. The molecular formula is C6H6O6. The number of carboxylic acid groups (broad SMARTS) is 2. The van der Waals surface area contributed by atoms with Crippen molar-refractivity contribution >= 4 is 18.4 Å². The number of aliphatic carboxylic acids is 2. The van der Waals surface area contributed by atoms with Gasteiger partial charge in [0.05, 0.1) is 5.57 Å². The molecule has 0 aliphatic rings. The van der Waals surface area contributed by atoms with E-state index in [-0.39, 0.29) is 6.47 Å². The lowest BCUT2D eigenvalue weighted by Crippen LogP contribution is -2.09. The fourth-order valence-corrected chi connectivity index (χ4v) is 0.438. The molecular weight excluding hydrogens is 168 g/mol. The molecule has 0 aliphatic carbocycles. The van der Waals surface area contributed by atoms with Gasteiger partial charge in [-0.2, -0.15) is 0 Å². The average molecular weight is 174 g/mol. The molecule has 0 bridgehead atoms. The maximum absolute atomic E-state index is 10.2. The molecule has 6 heteroatoms. The van der Waals surface area contributed by atoms with E-state index >= 15 is 0 Å². The van der Waals surface area contributed by atoms with E-state index < -0.39 is 24.1 Å². The van der Waals surface area contributed by atoms with Crippen LogP contribution < -0.4 is 0 Å². The highest BCUT2D eigenvalue weighted by Gasteiger charge is 2.09. The molecule has 66 valence electrons. The molecule has 0 unspecified atom stereocenters. The number of carboxylic acids is 2. The van der Waals surface area contributed by atoms with Crippen molar-refractivity contribution in [3.8, 4) is 0 Å². The third-order valence-corrected chi connectivity index (χ3v) is 0.879. The normalized spacial score (nSPS) is 10.5. The van der Waals surface area contributed by atoms with Gasteiger partial charge in [0.1, 0.15) is 6.61 Å². The van der Waals surface area contributed by atoms with Gasteiger partial charge in [-0.1, -0.05) is 0 Å². The van der Waals surface area contributed by atoms with Crippen molar-refractivity contribution in [2.45, 2.75) is 0 Å². The lowest BCUT2D eigenvalue weighted by atomic mass is 10.3. The molecule has 0 spiro atoms. The first kappa shape index (κ1) is 10.2. The second-order valence-corrected chi connectivity index (χ2v) is 1.72. The smallest absolute Gasteiger partial charge is 0.335 e. The highest BCUT2D eigenvalue weighted by atomic mass is 16.5. The minimum absolute atomic E-state index is 0.0403. The van der Waals surface area contributed by atoms with Crippen molar-refractivity contribution in [1.29, 1.82) is 0 Å². The van der Waals surface area contributed by atoms with Crippen LogP contribution in [-0.2, 0) is 19.1 Å². The third-order valence-electron chi connectivity index (χ3n) is 0.879. The quantitative estimate of drug-likeness (QED) is 0.420. The van der Waals surface area contributed by atoms with Gasteiger partial charge in [0.2, 0.25) is 0 Å². The van der Waals surface area contributed by atoms with Gasteiger partial charge in [0.15, 0.2) is 0 Å². The number of rotatable bonds is 5. The van der Waals surface area contributed by atoms with Gasteiger partial charge in [0.25, 0.3) is 6.47 Å². The fourth-order valence-electron chi connectivity index (χ4n) is 0.438. The molecule has 0 aromatic heterocycles. The first-order valence-corrected chi connectivity index (χ1v) is 2.80. The van der Waals surface area contributed by atoms with Gasteiger partial charge < -0.3 is 14.9 Å². The van der Waals surface area contributed by atoms with E-state index in [9.17, 15) is 14.4 Å². The van der Waals surface area contributed by atoms with Gasteiger partial charge in [-0.3, -0.25) is 4.79 Å². The van der Waals surface area contributed by atoms with Crippen molar-refractivity contribution in [1.82, 2.24) is 0 Å². The standard InChI is InChI=1S/C6H6O6/c7-3-12-2-4(6(10)11)1-5(8)9/h1,3H,2H2,(H,8,9)(H,10,11)/b4-1-. The second kappa shape index (κ2) is 4.89. The van der Waals surface area contributed by atoms with Crippen molar-refractivity contribution in [2.24, 2.45) is 0 Å². The molecule has 0 saturated carbocycles. The van der Waals surface area contributed by atoms with Gasteiger partial charge in [-0.05, 0) is 0 Å². The molecule has 0 fully saturated rings. The Hall–Kier alpha value is -1.85. The summed E-state index contributed by atoms with van der Waals surface area (Å²) in [6.07, 6.45) is 0.464. The minimum Gasteiger partial charge on any atom is -0.478 e. The summed E-state index contributed by atoms with van der Waals surface area (Å²) in [5, 5.41) is 16.5. The average Bonchev–Trinajstić information content (AvgIpc) is 1.96. The predicted molar refractivity (Wildman–Crippen MR) is 35.4 cm³/mol. The zero-order valence-electron chi connectivity index (χ0n) is 5.89. The summed E-state index contributed by atoms with van der Waals surface area (Å²) in [4.78, 5) is 29.8. The molecule has 6 nitrogen and oxygen atoms in total. The van der Waals surface area contributed by atoms with E-state index in [0.717, 1.165) is 0 Å². The summed E-state index contributed by atoms with van der Waals surface area (Å²) < 4.78 is 4.06. The molecule has 0 saturated heterocycles. The van der Waals surface area contributed by atoms with Crippen LogP contribution in [0.4, 0.5) is 0 Å². The van der Waals surface area contributed by atoms with Crippen LogP contribution in [0.2, 0.25) is 0 Å². The molecule has 0 aliphatic heterocycles. The SMILES string of the molecule is O=COC/C(=C/C(=O)O)C(=O)O. The number of ether oxygens (including phenoxy) is 1. The van der Waals surface area contributed by atoms with Crippen LogP contribution in [0.3, 0.4) is 0 Å². The van der Waals surface area contributed by atoms with Crippen LogP contribution in [0, 0.1) is 0 Å². The molecule has 2 N–H and O–H groups in total. The van der Waals surface area contributed by atoms with Crippen molar-refractivity contribution in [2.75, 3.05) is 6.61 Å². The molecule has 0 heterocycles. The Morgan fingerprint density at radius 2 is 1.92 bits per heavy atom. The molecule has 0 amide bonds. The van der Waals surface area contributed by atoms with E-state index in [1.165, 1.54) is 0 Å². The maximum atomic E-state index is 10.2. The van der Waals surface area contributed by atoms with Crippen LogP contribution in [0.5, 0.6) is 0 Å². The van der Waals surface area contributed by atoms with Crippen molar-refractivity contribution < 1.29 is 29.3 Å². The molecule has 0 aromatic rings. The van der Waals surface area contributed by atoms with E-state index in [1.54, 1.807) is 0 Å². The first-order chi connectivity index (χ1) is 5.57. The Balaban J connectivity index is 4.32. The minimum atomic E-state index is -1.43. The van der Waals surface area contributed by atoms with Gasteiger partial charge in [0, 0.05) is 6.08 Å². The number of hydrogen-bond acceptors (Lipinski definition) is 4. The van der Waals surface area contributed by atoms with Gasteiger partial charge >= 0.3 is 11.9 Å². The molecule has 0 aromatic carbocycles. The topological polar surface area (TPSA) is 101 Å². The maximum Gasteiger partial charge on any atom is 0.335 e. The van der Waals surface area contributed by atoms with Crippen LogP contribution in [0.25, 0.3) is 0 Å². The largest absolute Gasteiger partial charge is 0.478 e. The van der Waals surface area contributed by atoms with E-state index in [2.05, 4.69) is 4.74 Å². The zero-order chi connectivity index (χ0) is 9.56. The van der Waals surface area contributed by atoms with E-state index in [0.29, 0.717) is 6.08 Å². The van der Waals surface area contributed by atoms with Crippen molar-refractivity contribution in [3.05, 3.63) is 11.6 Å². The molecule has 0 atom stereocenters. The lowest BCUT2D eigenvalue weighted by molar-refractivity contribution is -0.136. The summed E-state index contributed by atoms with van der Waals surface area (Å²) in [7, 11) is 0. The highest BCUT2D eigenvalue weighted by Crippen LogP contribution is 1.94. The van der Waals surface area contributed by atoms with E-state index in [1.807, 2.05) is 0 Å². The summed E-state index contributed by atoms with van der Waals surface area (Å²) in [6.45, 7) is -0.510. The van der Waals surface area contributed by atoms with Crippen LogP contribution >= 0.6 is 0 Å². The number of hydrogen-bond donors (Lipinski definition) is 2. The van der Waals surface area contributed by atoms with Gasteiger partial charge in [-0.25, -0.2) is 9.59 Å². The van der Waals surface area contributed by atoms with Crippen LogP contribution in [0.1, 0.15) is 0 Å². The predicted octanol–water partition coefficient (Wildman–Crippen LogP) is -0.745. The van der Waals surface area contributed by atoms with Crippen molar-refractivity contribution in [3.63, 3.8) is 0 Å². The lowest BCUT2D eigenvalue weighted by Gasteiger charge is -1.97. The Bertz CT molecular complexity index is 228. The zero-order valence-corrected chi connectivity index (χ0v) is 5.89. The summed E-state index contributed by atoms with van der Waals surface area (Å²) in [5.74, 6) is -2.83. The summed E-state index contributed by atoms with van der Waals surface area (Å²) in [6, 6.07) is 0. The molecule has 0 rings (SSSR count). The Labute approximate surface area is 67.1 Å². The monoisotopic (exact) mass is 174 g/mol. The molecule has 12 heavy (non-hydrogen) atoms. The van der Waals surface area contributed by atoms with Gasteiger partial charge in [-0.15, -0.1) is 0 Å². The third kappa shape index (κ3) is 4.04. The summed E-state index contributed by atoms with van der Waals surface area (Å²) in [5.41, 5.74) is -0.491. The number of carbonyl (C=O) groups excluding carboxylic acids is 1. The van der Waals surface area contributed by atoms with Crippen LogP contribution in [0.15, 0.2) is 11.6 Å². The Morgan fingerprint density at radius 1 is 1.33 bits per heavy atom. The van der Waals surface area contributed by atoms with E-state index in [4.69, 9.17) is 10.2 Å². The summed E-state index contributed by atoms with van der Waals surface area (Å²) >= 11 is 0. The second-order valence-electron chi connectivity index (χ2n) is 1.72.